The summed E-state index contributed by atoms with van der Waals surface area (Å²) in [5, 5.41) is 1.86. The summed E-state index contributed by atoms with van der Waals surface area (Å²) in [6.45, 7) is 0. The maximum Gasteiger partial charge on any atom is 0.162 e. The molecular formula is C6H8N2OS. The van der Waals surface area contributed by atoms with E-state index in [1.807, 2.05) is 11.4 Å². The Morgan fingerprint density at radius 2 is 2.50 bits per heavy atom. The maximum absolute atomic E-state index is 10.3. The van der Waals surface area contributed by atoms with E-state index in [0.29, 0.717) is 4.88 Å². The quantitative estimate of drug-likeness (QED) is 0.508. The van der Waals surface area contributed by atoms with E-state index in [2.05, 4.69) is 10.9 Å². The van der Waals surface area contributed by atoms with E-state index >= 15 is 0 Å². The predicted octanol–water partition coefficient (Wildman–Crippen LogP) is 1.11. The summed E-state index contributed by atoms with van der Waals surface area (Å²) in [7, 11) is 1.76. The molecule has 10 heavy (non-hydrogen) atoms. The summed E-state index contributed by atoms with van der Waals surface area (Å²) in [6.07, 6.45) is 0.838. The summed E-state index contributed by atoms with van der Waals surface area (Å²) in [4.78, 5) is 11.0. The SMILES string of the molecule is CNNc1ccsc1C=O. The van der Waals surface area contributed by atoms with Crippen molar-refractivity contribution in [2.45, 2.75) is 0 Å². The highest BCUT2D eigenvalue weighted by Gasteiger charge is 1.99. The molecule has 0 saturated carbocycles. The van der Waals surface area contributed by atoms with Crippen LogP contribution < -0.4 is 10.9 Å². The van der Waals surface area contributed by atoms with Crippen LogP contribution in [-0.4, -0.2) is 13.3 Å². The Bertz CT molecular complexity index is 221. The number of rotatable bonds is 3. The van der Waals surface area contributed by atoms with Crippen molar-refractivity contribution >= 4 is 23.3 Å². The summed E-state index contributed by atoms with van der Waals surface area (Å²) in [6, 6.07) is 1.85. The number of aldehydes is 1. The van der Waals surface area contributed by atoms with Crippen LogP contribution in [0.5, 0.6) is 0 Å². The summed E-state index contributed by atoms with van der Waals surface area (Å²) in [5.74, 6) is 0. The van der Waals surface area contributed by atoms with E-state index in [1.165, 1.54) is 11.3 Å². The monoisotopic (exact) mass is 156 g/mol. The Morgan fingerprint density at radius 1 is 1.70 bits per heavy atom. The minimum Gasteiger partial charge on any atom is -0.320 e. The van der Waals surface area contributed by atoms with E-state index in [1.54, 1.807) is 7.05 Å². The molecular weight excluding hydrogens is 148 g/mol. The molecule has 2 N–H and O–H groups in total. The van der Waals surface area contributed by atoms with Crippen LogP contribution in [-0.2, 0) is 0 Å². The lowest BCUT2D eigenvalue weighted by atomic mass is 10.4. The van der Waals surface area contributed by atoms with E-state index < -0.39 is 0 Å². The van der Waals surface area contributed by atoms with Crippen molar-refractivity contribution in [3.8, 4) is 0 Å². The van der Waals surface area contributed by atoms with Crippen molar-refractivity contribution in [2.24, 2.45) is 0 Å². The average molecular weight is 156 g/mol. The van der Waals surface area contributed by atoms with E-state index in [4.69, 9.17) is 0 Å². The lowest BCUT2D eigenvalue weighted by molar-refractivity contribution is 0.112. The lowest BCUT2D eigenvalue weighted by Crippen LogP contribution is -2.15. The van der Waals surface area contributed by atoms with Crippen molar-refractivity contribution in [2.75, 3.05) is 12.5 Å². The van der Waals surface area contributed by atoms with Crippen LogP contribution in [0, 0.1) is 0 Å². The fourth-order valence-electron chi connectivity index (χ4n) is 0.650. The van der Waals surface area contributed by atoms with Gasteiger partial charge < -0.3 is 5.43 Å². The van der Waals surface area contributed by atoms with Gasteiger partial charge in [0.25, 0.3) is 0 Å². The van der Waals surface area contributed by atoms with E-state index in [-0.39, 0.29) is 0 Å². The van der Waals surface area contributed by atoms with Crippen molar-refractivity contribution < 1.29 is 4.79 Å². The van der Waals surface area contributed by atoms with Crippen molar-refractivity contribution in [3.05, 3.63) is 16.3 Å². The summed E-state index contributed by atoms with van der Waals surface area (Å²) >= 11 is 1.42. The van der Waals surface area contributed by atoms with Gasteiger partial charge in [-0.2, -0.15) is 0 Å². The third-order valence-electron chi connectivity index (χ3n) is 1.06. The Labute approximate surface area is 63.0 Å². The zero-order chi connectivity index (χ0) is 7.40. The van der Waals surface area contributed by atoms with Crippen molar-refractivity contribution in [1.82, 2.24) is 5.43 Å². The molecule has 0 amide bonds. The molecule has 3 nitrogen and oxygen atoms in total. The normalized spacial score (nSPS) is 9.30. The molecule has 0 fully saturated rings. The number of carbonyl (C=O) groups is 1. The van der Waals surface area contributed by atoms with Crippen LogP contribution in [0.2, 0.25) is 0 Å². The zero-order valence-electron chi connectivity index (χ0n) is 5.55. The third-order valence-corrected chi connectivity index (χ3v) is 1.90. The average Bonchev–Trinajstić information content (AvgIpc) is 2.36. The highest BCUT2D eigenvalue weighted by Crippen LogP contribution is 2.18. The van der Waals surface area contributed by atoms with Crippen molar-refractivity contribution in [1.29, 1.82) is 0 Å². The molecule has 4 heteroatoms. The minimum atomic E-state index is 0.717. The number of carbonyl (C=O) groups excluding carboxylic acids is 1. The molecule has 1 aromatic rings. The van der Waals surface area contributed by atoms with Gasteiger partial charge in [0.1, 0.15) is 0 Å². The van der Waals surface area contributed by atoms with Gasteiger partial charge in [0.2, 0.25) is 0 Å². The van der Waals surface area contributed by atoms with Gasteiger partial charge in [-0.1, -0.05) is 0 Å². The van der Waals surface area contributed by atoms with Crippen LogP contribution in [0.25, 0.3) is 0 Å². The first-order valence-electron chi connectivity index (χ1n) is 2.84. The molecule has 0 aliphatic rings. The fourth-order valence-corrected chi connectivity index (χ4v) is 1.30. The second kappa shape index (κ2) is 3.34. The first-order chi connectivity index (χ1) is 4.88. The molecule has 1 rings (SSSR count). The second-order valence-electron chi connectivity index (χ2n) is 1.69. The Morgan fingerprint density at radius 3 is 3.10 bits per heavy atom. The van der Waals surface area contributed by atoms with Crippen molar-refractivity contribution in [3.63, 3.8) is 0 Å². The zero-order valence-corrected chi connectivity index (χ0v) is 6.37. The first-order valence-corrected chi connectivity index (χ1v) is 3.72. The van der Waals surface area contributed by atoms with Gasteiger partial charge >= 0.3 is 0 Å². The Kier molecular flexibility index (Phi) is 2.42. The second-order valence-corrected chi connectivity index (χ2v) is 2.64. The lowest BCUT2D eigenvalue weighted by Gasteiger charge is -1.99. The van der Waals surface area contributed by atoms with Gasteiger partial charge in [0.15, 0.2) is 6.29 Å². The topological polar surface area (TPSA) is 41.1 Å². The smallest absolute Gasteiger partial charge is 0.162 e. The fraction of sp³-hybridized carbons (Fsp3) is 0.167. The van der Waals surface area contributed by atoms with E-state index in [9.17, 15) is 4.79 Å². The van der Waals surface area contributed by atoms with Gasteiger partial charge in [0, 0.05) is 7.05 Å². The van der Waals surface area contributed by atoms with Gasteiger partial charge in [-0.15, -0.1) is 11.3 Å². The highest BCUT2D eigenvalue weighted by atomic mass is 32.1. The number of thiophene rings is 1. The number of hydrogen-bond acceptors (Lipinski definition) is 4. The predicted molar refractivity (Wildman–Crippen MR) is 42.4 cm³/mol. The standard InChI is InChI=1S/C6H8N2OS/c1-7-8-5-2-3-10-6(5)4-9/h2-4,7-8H,1H3. The molecule has 1 heterocycles. The summed E-state index contributed by atoms with van der Waals surface area (Å²) in [5.41, 5.74) is 6.41. The minimum absolute atomic E-state index is 0.717. The van der Waals surface area contributed by atoms with Crippen LogP contribution in [0.15, 0.2) is 11.4 Å². The molecule has 0 spiro atoms. The molecule has 0 bridgehead atoms. The molecule has 54 valence electrons. The Balaban J connectivity index is 2.79. The van der Waals surface area contributed by atoms with Crippen LogP contribution >= 0.6 is 11.3 Å². The molecule has 0 aliphatic carbocycles. The molecule has 0 atom stereocenters. The van der Waals surface area contributed by atoms with Crippen LogP contribution in [0.1, 0.15) is 9.67 Å². The number of hydrogen-bond donors (Lipinski definition) is 2. The number of hydrazine groups is 1. The molecule has 1 aromatic heterocycles. The Hall–Kier alpha value is -0.870. The molecule has 0 unspecified atom stereocenters. The summed E-state index contributed by atoms with van der Waals surface area (Å²) < 4.78 is 0. The van der Waals surface area contributed by atoms with Crippen LogP contribution in [0.3, 0.4) is 0 Å². The maximum atomic E-state index is 10.3. The molecule has 0 saturated heterocycles. The molecule has 0 radical (unpaired) electrons. The van der Waals surface area contributed by atoms with Gasteiger partial charge in [-0.3, -0.25) is 4.79 Å². The number of anilines is 1. The van der Waals surface area contributed by atoms with Gasteiger partial charge in [-0.05, 0) is 11.4 Å². The molecule has 0 aliphatic heterocycles. The largest absolute Gasteiger partial charge is 0.320 e. The molecule has 0 aromatic carbocycles. The van der Waals surface area contributed by atoms with Crippen LogP contribution in [0.4, 0.5) is 5.69 Å². The number of nitrogens with one attached hydrogen (secondary N) is 2. The van der Waals surface area contributed by atoms with E-state index in [0.717, 1.165) is 12.0 Å². The highest BCUT2D eigenvalue weighted by molar-refractivity contribution is 7.12. The first kappa shape index (κ1) is 7.24. The van der Waals surface area contributed by atoms with Gasteiger partial charge in [0.05, 0.1) is 10.6 Å². The van der Waals surface area contributed by atoms with Gasteiger partial charge in [-0.25, -0.2) is 5.43 Å². The third kappa shape index (κ3) is 1.34.